The zero-order valence-electron chi connectivity index (χ0n) is 15.5. The molecule has 0 spiro atoms. The first-order valence-corrected chi connectivity index (χ1v) is 10.3. The molecule has 5 rings (SSSR count). The van der Waals surface area contributed by atoms with Gasteiger partial charge in [-0.2, -0.15) is 0 Å². The third-order valence-electron chi connectivity index (χ3n) is 8.68. The molecule has 3 fully saturated rings. The van der Waals surface area contributed by atoms with Crippen molar-refractivity contribution in [3.8, 4) is 11.3 Å². The first-order chi connectivity index (χ1) is 12.4. The summed E-state index contributed by atoms with van der Waals surface area (Å²) in [6.45, 7) is 4.71. The maximum absolute atomic E-state index is 11.2. The van der Waals surface area contributed by atoms with Gasteiger partial charge in [0.2, 0.25) is 0 Å². The van der Waals surface area contributed by atoms with Gasteiger partial charge in [-0.05, 0) is 85.8 Å². The molecule has 1 aromatic heterocycles. The Morgan fingerprint density at radius 3 is 2.85 bits per heavy atom. The SMILES string of the molecule is C[C@]12Cc3cnoc3C=C1CC[C@@H]1[C@@H]2CC[C@@]2(C)[C@H]1CC[C@@]2(O)C#CCl. The van der Waals surface area contributed by atoms with E-state index < -0.39 is 5.60 Å². The smallest absolute Gasteiger partial charge is 0.162 e. The average molecular weight is 372 g/mol. The van der Waals surface area contributed by atoms with Gasteiger partial charge in [0.1, 0.15) is 5.60 Å². The van der Waals surface area contributed by atoms with E-state index in [-0.39, 0.29) is 10.8 Å². The second kappa shape index (κ2) is 5.40. The maximum atomic E-state index is 11.2. The van der Waals surface area contributed by atoms with E-state index >= 15 is 0 Å². The molecule has 6 atom stereocenters. The summed E-state index contributed by atoms with van der Waals surface area (Å²) in [4.78, 5) is 0. The average Bonchev–Trinajstić information content (AvgIpc) is 3.15. The van der Waals surface area contributed by atoms with Crippen LogP contribution >= 0.6 is 11.6 Å². The first kappa shape index (κ1) is 16.9. The maximum Gasteiger partial charge on any atom is 0.162 e. The van der Waals surface area contributed by atoms with Gasteiger partial charge in [0.05, 0.1) is 6.20 Å². The van der Waals surface area contributed by atoms with Crippen LogP contribution in [0.4, 0.5) is 0 Å². The van der Waals surface area contributed by atoms with Crippen molar-refractivity contribution >= 4 is 17.7 Å². The number of rotatable bonds is 0. The minimum Gasteiger partial charge on any atom is -0.377 e. The Bertz CT molecular complexity index is 848. The summed E-state index contributed by atoms with van der Waals surface area (Å²) in [7, 11) is 0. The third-order valence-corrected chi connectivity index (χ3v) is 8.78. The van der Waals surface area contributed by atoms with Gasteiger partial charge >= 0.3 is 0 Å². The van der Waals surface area contributed by atoms with Crippen LogP contribution in [0, 0.1) is 39.9 Å². The number of halogens is 1. The Morgan fingerprint density at radius 2 is 2.04 bits per heavy atom. The highest BCUT2D eigenvalue weighted by Gasteiger charge is 2.63. The van der Waals surface area contributed by atoms with Crippen LogP contribution in [-0.2, 0) is 6.42 Å². The van der Waals surface area contributed by atoms with Gasteiger partial charge in [0, 0.05) is 16.4 Å². The van der Waals surface area contributed by atoms with E-state index in [1.165, 1.54) is 12.0 Å². The summed E-state index contributed by atoms with van der Waals surface area (Å²) in [6, 6.07) is 0. The third kappa shape index (κ3) is 1.98. The highest BCUT2D eigenvalue weighted by molar-refractivity contribution is 6.30. The summed E-state index contributed by atoms with van der Waals surface area (Å²) < 4.78 is 5.44. The van der Waals surface area contributed by atoms with Crippen molar-refractivity contribution in [1.82, 2.24) is 5.16 Å². The lowest BCUT2D eigenvalue weighted by atomic mass is 9.46. The Kier molecular flexibility index (Phi) is 3.51. The van der Waals surface area contributed by atoms with Crippen molar-refractivity contribution < 1.29 is 9.63 Å². The van der Waals surface area contributed by atoms with E-state index in [4.69, 9.17) is 16.1 Å². The minimum absolute atomic E-state index is 0.134. The molecule has 0 saturated heterocycles. The summed E-state index contributed by atoms with van der Waals surface area (Å²) >= 11 is 5.71. The number of hydrogen-bond donors (Lipinski definition) is 1. The molecule has 0 amide bonds. The number of hydrogen-bond acceptors (Lipinski definition) is 3. The fraction of sp³-hybridized carbons (Fsp3) is 0.682. The van der Waals surface area contributed by atoms with Gasteiger partial charge in [-0.15, -0.1) is 0 Å². The van der Waals surface area contributed by atoms with E-state index in [0.717, 1.165) is 44.3 Å². The number of allylic oxidation sites excluding steroid dienone is 1. The van der Waals surface area contributed by atoms with Crippen LogP contribution in [0.15, 0.2) is 16.3 Å². The van der Waals surface area contributed by atoms with Crippen molar-refractivity contribution in [3.63, 3.8) is 0 Å². The molecule has 1 aromatic rings. The second-order valence-electron chi connectivity index (χ2n) is 9.47. The van der Waals surface area contributed by atoms with Crippen LogP contribution in [0.3, 0.4) is 0 Å². The Hall–Kier alpha value is -1.24. The predicted molar refractivity (Wildman–Crippen MR) is 101 cm³/mol. The van der Waals surface area contributed by atoms with Crippen LogP contribution in [0.25, 0.3) is 6.08 Å². The predicted octanol–water partition coefficient (Wildman–Crippen LogP) is 4.79. The molecule has 3 saturated carbocycles. The first-order valence-electron chi connectivity index (χ1n) is 9.91. The molecule has 0 radical (unpaired) electrons. The molecule has 0 bridgehead atoms. The summed E-state index contributed by atoms with van der Waals surface area (Å²) in [5.74, 6) is 5.78. The quantitative estimate of drug-likeness (QED) is 0.667. The van der Waals surface area contributed by atoms with Gasteiger partial charge in [-0.1, -0.05) is 30.5 Å². The zero-order chi connectivity index (χ0) is 18.2. The normalized spacial score (nSPS) is 46.2. The van der Waals surface area contributed by atoms with E-state index in [9.17, 15) is 5.11 Å². The molecule has 0 aliphatic heterocycles. The van der Waals surface area contributed by atoms with Crippen LogP contribution in [-0.4, -0.2) is 15.9 Å². The van der Waals surface area contributed by atoms with Crippen LogP contribution in [0.5, 0.6) is 0 Å². The molecule has 1 N–H and O–H groups in total. The van der Waals surface area contributed by atoms with Gasteiger partial charge in [0.15, 0.2) is 5.76 Å². The summed E-state index contributed by atoms with van der Waals surface area (Å²) in [5.41, 5.74) is 1.93. The molecular formula is C22H26ClNO2. The molecular weight excluding hydrogens is 346 g/mol. The van der Waals surface area contributed by atoms with E-state index in [0.29, 0.717) is 17.8 Å². The lowest BCUT2D eigenvalue weighted by Crippen LogP contribution is -2.54. The molecule has 4 heteroatoms. The molecule has 0 unspecified atom stereocenters. The fourth-order valence-corrected chi connectivity index (χ4v) is 7.34. The Morgan fingerprint density at radius 1 is 1.23 bits per heavy atom. The lowest BCUT2D eigenvalue weighted by molar-refractivity contribution is -0.0975. The fourth-order valence-electron chi connectivity index (χ4n) is 7.18. The topological polar surface area (TPSA) is 46.3 Å². The van der Waals surface area contributed by atoms with E-state index in [1.807, 2.05) is 6.20 Å². The van der Waals surface area contributed by atoms with Crippen molar-refractivity contribution in [2.45, 2.75) is 64.4 Å². The van der Waals surface area contributed by atoms with Gasteiger partial charge in [0.25, 0.3) is 0 Å². The van der Waals surface area contributed by atoms with Crippen molar-refractivity contribution in [2.75, 3.05) is 0 Å². The number of fused-ring (bicyclic) bond motifs is 6. The highest BCUT2D eigenvalue weighted by atomic mass is 35.5. The number of nitrogens with zero attached hydrogens (tertiary/aromatic N) is 1. The van der Waals surface area contributed by atoms with Gasteiger partial charge < -0.3 is 9.63 Å². The highest BCUT2D eigenvalue weighted by Crippen LogP contribution is 2.67. The van der Waals surface area contributed by atoms with E-state index in [2.05, 4.69) is 36.4 Å². The Labute approximate surface area is 160 Å². The molecule has 4 aliphatic rings. The standard InChI is InChI=1S/C22H26ClNO2/c1-20-12-14-13-24-26-19(14)11-15(20)3-4-16-17(20)5-7-21(2)18(16)6-8-22(21,25)9-10-23/h11,13,16-18,25H,3-8,12H2,1-2H3/t16-,17+,18+,20+,21+,22-/m1/s1. The van der Waals surface area contributed by atoms with Crippen molar-refractivity contribution in [1.29, 1.82) is 0 Å². The molecule has 138 valence electrons. The lowest BCUT2D eigenvalue weighted by Gasteiger charge is -2.58. The van der Waals surface area contributed by atoms with Crippen molar-refractivity contribution in [3.05, 3.63) is 23.1 Å². The molecule has 0 aromatic carbocycles. The van der Waals surface area contributed by atoms with Crippen LogP contribution in [0.2, 0.25) is 0 Å². The molecule has 4 aliphatic carbocycles. The van der Waals surface area contributed by atoms with Crippen LogP contribution < -0.4 is 0 Å². The monoisotopic (exact) mass is 371 g/mol. The summed E-state index contributed by atoms with van der Waals surface area (Å²) in [5, 5.41) is 17.8. The summed E-state index contributed by atoms with van der Waals surface area (Å²) in [6.07, 6.45) is 11.5. The zero-order valence-corrected chi connectivity index (χ0v) is 16.3. The second-order valence-corrected chi connectivity index (χ2v) is 9.66. The molecule has 3 nitrogen and oxygen atoms in total. The van der Waals surface area contributed by atoms with Gasteiger partial charge in [-0.25, -0.2) is 0 Å². The molecule has 1 heterocycles. The largest absolute Gasteiger partial charge is 0.377 e. The molecule has 26 heavy (non-hydrogen) atoms. The minimum atomic E-state index is -0.921. The van der Waals surface area contributed by atoms with Crippen molar-refractivity contribution in [2.24, 2.45) is 28.6 Å². The number of aromatic nitrogens is 1. The van der Waals surface area contributed by atoms with E-state index in [1.54, 1.807) is 5.57 Å². The van der Waals surface area contributed by atoms with Crippen LogP contribution in [0.1, 0.15) is 63.7 Å². The number of aliphatic hydroxyl groups is 1. The van der Waals surface area contributed by atoms with Gasteiger partial charge in [-0.3, -0.25) is 0 Å². The Balaban J connectivity index is 1.52.